The Morgan fingerprint density at radius 1 is 1.28 bits per heavy atom. The quantitative estimate of drug-likeness (QED) is 0.395. The van der Waals surface area contributed by atoms with Gasteiger partial charge in [-0.1, -0.05) is 50.4 Å². The van der Waals surface area contributed by atoms with Gasteiger partial charge < -0.3 is 5.32 Å². The highest BCUT2D eigenvalue weighted by molar-refractivity contribution is 7.13. The van der Waals surface area contributed by atoms with Gasteiger partial charge in [0.1, 0.15) is 0 Å². The van der Waals surface area contributed by atoms with Crippen molar-refractivity contribution in [1.82, 2.24) is 5.32 Å². The molecule has 1 N–H and O–H groups in total. The van der Waals surface area contributed by atoms with Gasteiger partial charge in [0.15, 0.2) is 0 Å². The van der Waals surface area contributed by atoms with Crippen molar-refractivity contribution in [1.29, 1.82) is 0 Å². The van der Waals surface area contributed by atoms with E-state index < -0.39 is 0 Å². The zero-order valence-electron chi connectivity index (χ0n) is 11.0. The molecule has 18 heavy (non-hydrogen) atoms. The van der Waals surface area contributed by atoms with Crippen molar-refractivity contribution in [2.45, 2.75) is 52.0 Å². The zero-order chi connectivity index (χ0) is 13.2. The molecule has 0 fully saturated rings. The highest BCUT2D eigenvalue weighted by Gasteiger charge is 2.08. The van der Waals surface area contributed by atoms with Crippen molar-refractivity contribution in [3.8, 4) is 0 Å². The summed E-state index contributed by atoms with van der Waals surface area (Å²) in [4.78, 5) is 10.2. The van der Waals surface area contributed by atoms with Crippen LogP contribution in [0.25, 0.3) is 0 Å². The summed E-state index contributed by atoms with van der Waals surface area (Å²) in [5, 5.41) is 15.9. The first-order valence-electron chi connectivity index (χ1n) is 6.66. The van der Waals surface area contributed by atoms with Crippen LogP contribution in [0, 0.1) is 10.1 Å². The molecule has 0 spiro atoms. The molecule has 0 aliphatic heterocycles. The molecule has 0 saturated heterocycles. The number of nitrogens with one attached hydrogen (secondary N) is 1. The molecule has 0 atom stereocenters. The van der Waals surface area contributed by atoms with Crippen LogP contribution in [0.2, 0.25) is 0 Å². The van der Waals surface area contributed by atoms with Crippen molar-refractivity contribution in [3.05, 3.63) is 27.1 Å². The number of rotatable bonds is 10. The van der Waals surface area contributed by atoms with Gasteiger partial charge in [0, 0.05) is 18.0 Å². The number of hydrogen-bond acceptors (Lipinski definition) is 4. The predicted molar refractivity (Wildman–Crippen MR) is 76.1 cm³/mol. The van der Waals surface area contributed by atoms with Crippen LogP contribution in [0.4, 0.5) is 5.00 Å². The van der Waals surface area contributed by atoms with Gasteiger partial charge in [-0.15, -0.1) is 0 Å². The lowest BCUT2D eigenvalue weighted by atomic mass is 10.1. The topological polar surface area (TPSA) is 55.2 Å². The molecule has 0 saturated carbocycles. The molecular formula is C13H22N2O2S. The third-order valence-electron chi connectivity index (χ3n) is 2.86. The van der Waals surface area contributed by atoms with Crippen molar-refractivity contribution in [2.75, 3.05) is 6.54 Å². The van der Waals surface area contributed by atoms with Crippen LogP contribution in [0.1, 0.15) is 51.0 Å². The maximum absolute atomic E-state index is 10.5. The SMILES string of the molecule is CCCCCCCCNCc1csc([N+](=O)[O-])c1. The van der Waals surface area contributed by atoms with E-state index in [2.05, 4.69) is 12.2 Å². The molecule has 0 aromatic carbocycles. The zero-order valence-corrected chi connectivity index (χ0v) is 11.8. The van der Waals surface area contributed by atoms with Crippen molar-refractivity contribution >= 4 is 16.3 Å². The van der Waals surface area contributed by atoms with E-state index in [4.69, 9.17) is 0 Å². The van der Waals surface area contributed by atoms with Crippen LogP contribution in [0.15, 0.2) is 11.4 Å². The van der Waals surface area contributed by atoms with Gasteiger partial charge in [-0.25, -0.2) is 0 Å². The Morgan fingerprint density at radius 2 is 2.00 bits per heavy atom. The molecule has 1 rings (SSSR count). The number of hydrogen-bond donors (Lipinski definition) is 1. The van der Waals surface area contributed by atoms with E-state index in [-0.39, 0.29) is 9.92 Å². The molecule has 4 nitrogen and oxygen atoms in total. The van der Waals surface area contributed by atoms with Crippen LogP contribution in [-0.4, -0.2) is 11.5 Å². The number of thiophene rings is 1. The molecule has 0 amide bonds. The molecular weight excluding hydrogens is 248 g/mol. The van der Waals surface area contributed by atoms with Gasteiger partial charge in [-0.2, -0.15) is 0 Å². The van der Waals surface area contributed by atoms with Gasteiger partial charge >= 0.3 is 5.00 Å². The van der Waals surface area contributed by atoms with Gasteiger partial charge in [0.2, 0.25) is 0 Å². The fraction of sp³-hybridized carbons (Fsp3) is 0.692. The Kier molecular flexibility index (Phi) is 7.60. The van der Waals surface area contributed by atoms with Gasteiger partial charge in [-0.3, -0.25) is 10.1 Å². The van der Waals surface area contributed by atoms with Crippen LogP contribution < -0.4 is 5.32 Å². The summed E-state index contributed by atoms with van der Waals surface area (Å²) in [6.07, 6.45) is 7.75. The third kappa shape index (κ3) is 6.12. The highest BCUT2D eigenvalue weighted by atomic mass is 32.1. The molecule has 1 aromatic heterocycles. The summed E-state index contributed by atoms with van der Waals surface area (Å²) in [5.74, 6) is 0. The van der Waals surface area contributed by atoms with E-state index in [1.165, 1.54) is 49.9 Å². The van der Waals surface area contributed by atoms with Crippen LogP contribution in [-0.2, 0) is 6.54 Å². The van der Waals surface area contributed by atoms with Crippen LogP contribution in [0.5, 0.6) is 0 Å². The minimum absolute atomic E-state index is 0.228. The molecule has 1 aromatic rings. The Bertz CT molecular complexity index is 353. The second kappa shape index (κ2) is 9.05. The third-order valence-corrected chi connectivity index (χ3v) is 3.79. The summed E-state index contributed by atoms with van der Waals surface area (Å²) in [6, 6.07) is 1.65. The Hall–Kier alpha value is -0.940. The first-order valence-corrected chi connectivity index (χ1v) is 7.54. The number of nitro groups is 1. The van der Waals surface area contributed by atoms with Crippen LogP contribution >= 0.6 is 11.3 Å². The number of unbranched alkanes of at least 4 members (excludes halogenated alkanes) is 5. The lowest BCUT2D eigenvalue weighted by molar-refractivity contribution is -0.380. The minimum atomic E-state index is -0.331. The standard InChI is InChI=1S/C13H22N2O2S/c1-2-3-4-5-6-7-8-14-10-12-9-13(15(16)17)18-11-12/h9,11,14H,2-8,10H2,1H3. The number of nitrogens with zero attached hydrogens (tertiary/aromatic N) is 1. The second-order valence-corrected chi connectivity index (χ2v) is 5.38. The van der Waals surface area contributed by atoms with Crippen molar-refractivity contribution in [2.24, 2.45) is 0 Å². The largest absolute Gasteiger partial charge is 0.324 e. The van der Waals surface area contributed by atoms with Crippen molar-refractivity contribution < 1.29 is 4.92 Å². The molecule has 0 bridgehead atoms. The molecule has 0 unspecified atom stereocenters. The highest BCUT2D eigenvalue weighted by Crippen LogP contribution is 2.22. The van der Waals surface area contributed by atoms with E-state index in [1.807, 2.05) is 5.38 Å². The average molecular weight is 270 g/mol. The summed E-state index contributed by atoms with van der Waals surface area (Å²) >= 11 is 1.20. The summed E-state index contributed by atoms with van der Waals surface area (Å²) in [6.45, 7) is 3.96. The van der Waals surface area contributed by atoms with Crippen LogP contribution in [0.3, 0.4) is 0 Å². The molecule has 102 valence electrons. The van der Waals surface area contributed by atoms with E-state index in [0.29, 0.717) is 0 Å². The minimum Gasteiger partial charge on any atom is -0.313 e. The second-order valence-electron chi connectivity index (χ2n) is 4.49. The van der Waals surface area contributed by atoms with Gasteiger partial charge in [-0.05, 0) is 18.5 Å². The monoisotopic (exact) mass is 270 g/mol. The Morgan fingerprint density at radius 3 is 2.67 bits per heavy atom. The fourth-order valence-corrected chi connectivity index (χ4v) is 2.54. The lowest BCUT2D eigenvalue weighted by Crippen LogP contribution is -2.14. The van der Waals surface area contributed by atoms with Crippen molar-refractivity contribution in [3.63, 3.8) is 0 Å². The Balaban J connectivity index is 2.02. The lowest BCUT2D eigenvalue weighted by Gasteiger charge is -2.03. The van der Waals surface area contributed by atoms with Gasteiger partial charge in [0.05, 0.1) is 4.92 Å². The van der Waals surface area contributed by atoms with E-state index >= 15 is 0 Å². The first-order chi connectivity index (χ1) is 8.74. The maximum atomic E-state index is 10.5. The predicted octanol–water partition coefficient (Wildman–Crippen LogP) is 4.11. The van der Waals surface area contributed by atoms with E-state index in [9.17, 15) is 10.1 Å². The van der Waals surface area contributed by atoms with Gasteiger partial charge in [0.25, 0.3) is 0 Å². The smallest absolute Gasteiger partial charge is 0.313 e. The molecule has 0 aliphatic carbocycles. The summed E-state index contributed by atoms with van der Waals surface area (Å²) in [7, 11) is 0. The molecule has 5 heteroatoms. The summed E-state index contributed by atoms with van der Waals surface area (Å²) in [5.41, 5.74) is 1.01. The van der Waals surface area contributed by atoms with E-state index in [1.54, 1.807) is 6.07 Å². The molecule has 0 radical (unpaired) electrons. The first kappa shape index (κ1) is 15.1. The Labute approximate surface area is 113 Å². The summed E-state index contributed by atoms with van der Waals surface area (Å²) < 4.78 is 0. The fourth-order valence-electron chi connectivity index (χ4n) is 1.81. The normalized spacial score (nSPS) is 10.7. The van der Waals surface area contributed by atoms with E-state index in [0.717, 1.165) is 18.7 Å². The maximum Gasteiger partial charge on any atom is 0.324 e. The average Bonchev–Trinajstić information content (AvgIpc) is 2.81. The molecule has 1 heterocycles. The molecule has 0 aliphatic rings.